The Bertz CT molecular complexity index is 516. The van der Waals surface area contributed by atoms with E-state index in [9.17, 15) is 19.7 Å². The lowest BCUT2D eigenvalue weighted by molar-refractivity contribution is -0.384. The highest BCUT2D eigenvalue weighted by atomic mass is 16.6. The number of rotatable bonds is 7. The van der Waals surface area contributed by atoms with Gasteiger partial charge in [-0.05, 0) is 5.56 Å². The molecule has 0 spiro atoms. The minimum Gasteiger partial charge on any atom is -0.479 e. The third kappa shape index (κ3) is 5.02. The first-order valence-electron chi connectivity index (χ1n) is 5.81. The van der Waals surface area contributed by atoms with Gasteiger partial charge in [-0.25, -0.2) is 4.79 Å². The molecule has 0 unspecified atom stereocenters. The number of carboxylic acid groups (broad SMARTS) is 1. The van der Waals surface area contributed by atoms with Crippen molar-refractivity contribution in [1.82, 2.24) is 5.32 Å². The second-order valence-electron chi connectivity index (χ2n) is 4.10. The summed E-state index contributed by atoms with van der Waals surface area (Å²) in [5.41, 5.74) is 0.382. The second-order valence-corrected chi connectivity index (χ2v) is 4.10. The lowest BCUT2D eigenvalue weighted by Gasteiger charge is -2.07. The zero-order chi connectivity index (χ0) is 15.1. The first kappa shape index (κ1) is 15.6. The van der Waals surface area contributed by atoms with Gasteiger partial charge in [-0.2, -0.15) is 0 Å². The maximum Gasteiger partial charge on any atom is 0.332 e. The molecule has 0 saturated carbocycles. The van der Waals surface area contributed by atoms with E-state index in [0.29, 0.717) is 5.56 Å². The number of aliphatic hydroxyl groups is 1. The fourth-order valence-corrected chi connectivity index (χ4v) is 1.50. The Labute approximate surface area is 114 Å². The minimum absolute atomic E-state index is 0.0151. The van der Waals surface area contributed by atoms with E-state index in [1.165, 1.54) is 18.2 Å². The van der Waals surface area contributed by atoms with Crippen molar-refractivity contribution in [2.75, 3.05) is 6.54 Å². The number of nitro benzene ring substituents is 1. The number of nitrogens with one attached hydrogen (secondary N) is 1. The lowest BCUT2D eigenvalue weighted by Crippen LogP contribution is -2.30. The summed E-state index contributed by atoms with van der Waals surface area (Å²) in [6.07, 6.45) is -1.67. The Balaban J connectivity index is 2.44. The summed E-state index contributed by atoms with van der Waals surface area (Å²) in [5.74, 6) is -1.75. The summed E-state index contributed by atoms with van der Waals surface area (Å²) >= 11 is 0. The van der Waals surface area contributed by atoms with E-state index in [2.05, 4.69) is 5.32 Å². The molecule has 1 aromatic rings. The molecular weight excluding hydrogens is 268 g/mol. The van der Waals surface area contributed by atoms with Crippen LogP contribution in [0, 0.1) is 10.1 Å². The number of aliphatic carboxylic acids is 1. The Morgan fingerprint density at radius 1 is 1.40 bits per heavy atom. The van der Waals surface area contributed by atoms with Crippen LogP contribution in [0.2, 0.25) is 0 Å². The van der Waals surface area contributed by atoms with Crippen LogP contribution in [0.25, 0.3) is 0 Å². The number of nitro groups is 1. The average Bonchev–Trinajstić information content (AvgIpc) is 2.38. The highest BCUT2D eigenvalue weighted by molar-refractivity contribution is 5.78. The van der Waals surface area contributed by atoms with Gasteiger partial charge in [0.1, 0.15) is 0 Å². The van der Waals surface area contributed by atoms with Gasteiger partial charge in [-0.3, -0.25) is 14.9 Å². The monoisotopic (exact) mass is 282 g/mol. The molecule has 1 aromatic carbocycles. The molecule has 0 aliphatic rings. The Kier molecular flexibility index (Phi) is 5.60. The van der Waals surface area contributed by atoms with Gasteiger partial charge >= 0.3 is 5.97 Å². The Morgan fingerprint density at radius 2 is 2.10 bits per heavy atom. The maximum atomic E-state index is 11.5. The van der Waals surface area contributed by atoms with Gasteiger partial charge < -0.3 is 15.5 Å². The quantitative estimate of drug-likeness (QED) is 0.480. The molecular formula is C12H14N2O6. The van der Waals surface area contributed by atoms with E-state index < -0.39 is 22.9 Å². The van der Waals surface area contributed by atoms with Gasteiger partial charge in [0.05, 0.1) is 11.3 Å². The number of nitrogens with zero attached hydrogens (tertiary/aromatic N) is 1. The smallest absolute Gasteiger partial charge is 0.332 e. The topological polar surface area (TPSA) is 130 Å². The van der Waals surface area contributed by atoms with Crippen molar-refractivity contribution >= 4 is 17.6 Å². The maximum absolute atomic E-state index is 11.5. The number of benzene rings is 1. The largest absolute Gasteiger partial charge is 0.479 e. The molecule has 0 aliphatic heterocycles. The van der Waals surface area contributed by atoms with Crippen LogP contribution in [0.1, 0.15) is 12.0 Å². The van der Waals surface area contributed by atoms with E-state index in [1.54, 1.807) is 6.07 Å². The summed E-state index contributed by atoms with van der Waals surface area (Å²) in [6, 6.07) is 5.68. The number of hydrogen-bond acceptors (Lipinski definition) is 5. The molecule has 3 N–H and O–H groups in total. The van der Waals surface area contributed by atoms with E-state index in [4.69, 9.17) is 10.2 Å². The number of carbonyl (C=O) groups excluding carboxylic acids is 1. The lowest BCUT2D eigenvalue weighted by atomic mass is 10.1. The number of non-ortho nitro benzene ring substituents is 1. The predicted octanol–water partition coefficient (Wildman–Crippen LogP) is 0.0891. The normalized spacial score (nSPS) is 11.7. The molecule has 0 aromatic heterocycles. The molecule has 0 aliphatic carbocycles. The molecule has 108 valence electrons. The van der Waals surface area contributed by atoms with Crippen molar-refractivity contribution in [3.63, 3.8) is 0 Å². The van der Waals surface area contributed by atoms with Crippen molar-refractivity contribution in [3.05, 3.63) is 39.9 Å². The number of carboxylic acids is 1. The first-order chi connectivity index (χ1) is 9.40. The van der Waals surface area contributed by atoms with Crippen LogP contribution >= 0.6 is 0 Å². The second kappa shape index (κ2) is 7.19. The summed E-state index contributed by atoms with van der Waals surface area (Å²) in [7, 11) is 0. The highest BCUT2D eigenvalue weighted by Crippen LogP contribution is 2.13. The Morgan fingerprint density at radius 3 is 2.70 bits per heavy atom. The van der Waals surface area contributed by atoms with Gasteiger partial charge in [0.25, 0.3) is 5.69 Å². The zero-order valence-electron chi connectivity index (χ0n) is 10.5. The van der Waals surface area contributed by atoms with Gasteiger partial charge in [-0.1, -0.05) is 12.1 Å². The molecule has 8 heteroatoms. The summed E-state index contributed by atoms with van der Waals surface area (Å²) in [4.78, 5) is 31.9. The van der Waals surface area contributed by atoms with Crippen LogP contribution in [0.4, 0.5) is 5.69 Å². The SMILES string of the molecule is O=C(Cc1cccc([N+](=O)[O-])c1)NCC[C@H](O)C(=O)O. The number of carbonyl (C=O) groups is 2. The van der Waals surface area contributed by atoms with Crippen LogP contribution in [0.15, 0.2) is 24.3 Å². The van der Waals surface area contributed by atoms with Crippen LogP contribution in [-0.2, 0) is 16.0 Å². The van der Waals surface area contributed by atoms with Gasteiger partial charge in [0.2, 0.25) is 5.91 Å². The van der Waals surface area contributed by atoms with E-state index in [0.717, 1.165) is 0 Å². The molecule has 0 radical (unpaired) electrons. The Hall–Kier alpha value is -2.48. The van der Waals surface area contributed by atoms with Crippen LogP contribution in [-0.4, -0.2) is 39.7 Å². The molecule has 0 fully saturated rings. The van der Waals surface area contributed by atoms with E-state index in [-0.39, 0.29) is 25.1 Å². The van der Waals surface area contributed by atoms with Crippen LogP contribution < -0.4 is 5.32 Å². The van der Waals surface area contributed by atoms with Crippen molar-refractivity contribution in [2.24, 2.45) is 0 Å². The molecule has 0 saturated heterocycles. The standard InChI is InChI=1S/C12H14N2O6/c15-10(12(17)18)4-5-13-11(16)7-8-2-1-3-9(6-8)14(19)20/h1-3,6,10,15H,4-5,7H2,(H,13,16)(H,17,18)/t10-/m0/s1. The van der Waals surface area contributed by atoms with Gasteiger partial charge in [-0.15, -0.1) is 0 Å². The molecule has 20 heavy (non-hydrogen) atoms. The number of hydrogen-bond donors (Lipinski definition) is 3. The average molecular weight is 282 g/mol. The first-order valence-corrected chi connectivity index (χ1v) is 5.81. The third-order valence-electron chi connectivity index (χ3n) is 2.51. The molecule has 1 rings (SSSR count). The van der Waals surface area contributed by atoms with Crippen LogP contribution in [0.3, 0.4) is 0 Å². The van der Waals surface area contributed by atoms with Gasteiger partial charge in [0, 0.05) is 25.1 Å². The fourth-order valence-electron chi connectivity index (χ4n) is 1.50. The highest BCUT2D eigenvalue weighted by Gasteiger charge is 2.13. The zero-order valence-corrected chi connectivity index (χ0v) is 10.5. The molecule has 1 amide bonds. The summed E-state index contributed by atoms with van der Waals surface area (Å²) in [5, 5.41) is 30.4. The molecule has 0 bridgehead atoms. The van der Waals surface area contributed by atoms with Crippen molar-refractivity contribution < 1.29 is 24.7 Å². The molecule has 1 atom stereocenters. The number of amides is 1. The third-order valence-corrected chi connectivity index (χ3v) is 2.51. The van der Waals surface area contributed by atoms with Gasteiger partial charge in [0.15, 0.2) is 6.10 Å². The van der Waals surface area contributed by atoms with Crippen molar-refractivity contribution in [1.29, 1.82) is 0 Å². The predicted molar refractivity (Wildman–Crippen MR) is 68.1 cm³/mol. The fraction of sp³-hybridized carbons (Fsp3) is 0.333. The van der Waals surface area contributed by atoms with Crippen molar-refractivity contribution in [3.8, 4) is 0 Å². The van der Waals surface area contributed by atoms with E-state index in [1.807, 2.05) is 0 Å². The van der Waals surface area contributed by atoms with Crippen molar-refractivity contribution in [2.45, 2.75) is 18.9 Å². The van der Waals surface area contributed by atoms with Crippen LogP contribution in [0.5, 0.6) is 0 Å². The van der Waals surface area contributed by atoms with E-state index >= 15 is 0 Å². The molecule has 0 heterocycles. The summed E-state index contributed by atoms with van der Waals surface area (Å²) < 4.78 is 0. The minimum atomic E-state index is -1.52. The summed E-state index contributed by atoms with van der Waals surface area (Å²) in [6.45, 7) is 0.0151. The molecule has 8 nitrogen and oxygen atoms in total. The number of aliphatic hydroxyl groups excluding tert-OH is 1.